The highest BCUT2D eigenvalue weighted by molar-refractivity contribution is 7.83. The van der Waals surface area contributed by atoms with Crippen LogP contribution in [-0.4, -0.2) is 40.8 Å². The summed E-state index contributed by atoms with van der Waals surface area (Å²) >= 11 is -1.71. The molecule has 0 saturated heterocycles. The Morgan fingerprint density at radius 3 is 2.55 bits per heavy atom. The highest BCUT2D eigenvalue weighted by atomic mass is 32.2. The van der Waals surface area contributed by atoms with Gasteiger partial charge in [0, 0.05) is 25.3 Å². The number of nitrogens with one attached hydrogen (secondary N) is 2. The first-order valence-corrected chi connectivity index (χ1v) is 10.4. The molecule has 2 N–H and O–H groups in total. The lowest BCUT2D eigenvalue weighted by molar-refractivity contribution is 0.0827. The number of nitrogens with zero attached hydrogens (tertiary/aromatic N) is 3. The second-order valence-electron chi connectivity index (χ2n) is 7.01. The molecule has 1 aromatic carbocycles. The molecule has 29 heavy (non-hydrogen) atoms. The molecule has 0 spiro atoms. The van der Waals surface area contributed by atoms with E-state index in [4.69, 9.17) is 4.42 Å². The van der Waals surface area contributed by atoms with Crippen molar-refractivity contribution >= 4 is 34.4 Å². The summed E-state index contributed by atoms with van der Waals surface area (Å²) in [5, 5.41) is 6.39. The van der Waals surface area contributed by atoms with Crippen LogP contribution in [0.1, 0.15) is 46.8 Å². The fraction of sp³-hybridized carbons (Fsp3) is 0.350. The van der Waals surface area contributed by atoms with Crippen molar-refractivity contribution in [3.8, 4) is 0 Å². The molecule has 1 aromatic heterocycles. The van der Waals surface area contributed by atoms with E-state index in [2.05, 4.69) is 19.4 Å². The standard InChI is InChI=1S/C20H25N5O3S/c1-6-16(17-10-12(2)13(3)28-17)22-19-18(23-29(27)24-19)21-15-9-7-8-14(11-15)20(26)25(4)5/h7-11,16H,6H2,1-5H3,(H,21,23)(H,22,24)/t16-,29?/m1/s1. The van der Waals surface area contributed by atoms with Gasteiger partial charge in [0.1, 0.15) is 11.5 Å². The van der Waals surface area contributed by atoms with Crippen LogP contribution in [0.4, 0.5) is 5.69 Å². The maximum Gasteiger partial charge on any atom is 0.269 e. The van der Waals surface area contributed by atoms with Gasteiger partial charge in [-0.15, -0.1) is 8.80 Å². The average Bonchev–Trinajstić information content (AvgIpc) is 3.20. The van der Waals surface area contributed by atoms with Crippen LogP contribution in [0.25, 0.3) is 0 Å². The Labute approximate surface area is 172 Å². The maximum atomic E-state index is 12.2. The van der Waals surface area contributed by atoms with E-state index in [-0.39, 0.29) is 11.9 Å². The zero-order valence-electron chi connectivity index (χ0n) is 17.1. The minimum absolute atomic E-state index is 0.104. The Balaban J connectivity index is 1.79. The third-order valence-corrected chi connectivity index (χ3v) is 5.27. The third kappa shape index (κ3) is 4.73. The van der Waals surface area contributed by atoms with Gasteiger partial charge in [0.25, 0.3) is 17.1 Å². The molecule has 0 bridgehead atoms. The minimum atomic E-state index is -1.71. The molecule has 2 heterocycles. The molecule has 8 nitrogen and oxygen atoms in total. The highest BCUT2D eigenvalue weighted by Gasteiger charge is 2.24. The van der Waals surface area contributed by atoms with Gasteiger partial charge in [-0.25, -0.2) is 4.21 Å². The summed E-state index contributed by atoms with van der Waals surface area (Å²) < 4.78 is 25.9. The molecular weight excluding hydrogens is 390 g/mol. The van der Waals surface area contributed by atoms with Crippen molar-refractivity contribution in [2.24, 2.45) is 8.80 Å². The van der Waals surface area contributed by atoms with Crippen LogP contribution < -0.4 is 10.6 Å². The number of hydrogen-bond acceptors (Lipinski definition) is 5. The number of benzene rings is 1. The quantitative estimate of drug-likeness (QED) is 0.782. The summed E-state index contributed by atoms with van der Waals surface area (Å²) in [7, 11) is 3.40. The highest BCUT2D eigenvalue weighted by Crippen LogP contribution is 2.23. The van der Waals surface area contributed by atoms with E-state index in [0.717, 1.165) is 23.5 Å². The molecule has 3 rings (SSSR count). The van der Waals surface area contributed by atoms with Gasteiger partial charge in [-0.3, -0.25) is 4.79 Å². The Morgan fingerprint density at radius 1 is 1.21 bits per heavy atom. The monoisotopic (exact) mass is 415 g/mol. The normalized spacial score (nSPS) is 16.8. The zero-order valence-corrected chi connectivity index (χ0v) is 18.0. The van der Waals surface area contributed by atoms with E-state index in [0.29, 0.717) is 22.9 Å². The fourth-order valence-electron chi connectivity index (χ4n) is 2.88. The number of aryl methyl sites for hydroxylation is 2. The SMILES string of the molecule is CC[C@@H](NC1=NS(=O)N=C1Nc1cccc(C(=O)N(C)C)c1)c1cc(C)c(C)o1. The predicted molar refractivity (Wildman–Crippen MR) is 115 cm³/mol. The Morgan fingerprint density at radius 2 is 1.93 bits per heavy atom. The molecule has 0 aliphatic carbocycles. The zero-order chi connectivity index (χ0) is 21.1. The van der Waals surface area contributed by atoms with Gasteiger partial charge in [-0.1, -0.05) is 13.0 Å². The first-order valence-electron chi connectivity index (χ1n) is 9.30. The van der Waals surface area contributed by atoms with E-state index in [1.165, 1.54) is 4.90 Å². The number of carbonyl (C=O) groups is 1. The minimum Gasteiger partial charge on any atom is -0.464 e. The molecule has 1 aliphatic heterocycles. The van der Waals surface area contributed by atoms with Gasteiger partial charge < -0.3 is 20.0 Å². The van der Waals surface area contributed by atoms with Gasteiger partial charge in [0.15, 0.2) is 11.7 Å². The molecule has 9 heteroatoms. The fourth-order valence-corrected chi connectivity index (χ4v) is 3.50. The van der Waals surface area contributed by atoms with Crippen LogP contribution in [0.5, 0.6) is 0 Å². The summed E-state index contributed by atoms with van der Waals surface area (Å²) in [6.45, 7) is 5.94. The molecule has 2 aromatic rings. The van der Waals surface area contributed by atoms with E-state index in [9.17, 15) is 9.00 Å². The van der Waals surface area contributed by atoms with Crippen LogP contribution in [0.3, 0.4) is 0 Å². The first kappa shape index (κ1) is 20.8. The molecular formula is C20H25N5O3S. The summed E-state index contributed by atoms with van der Waals surface area (Å²) in [6.07, 6.45) is 0.748. The number of anilines is 1. The number of rotatable bonds is 5. The molecule has 1 unspecified atom stereocenters. The Bertz CT molecular complexity index is 990. The van der Waals surface area contributed by atoms with E-state index < -0.39 is 11.2 Å². The number of hydrogen-bond donors (Lipinski definition) is 2. The number of amides is 1. The lowest BCUT2D eigenvalue weighted by Crippen LogP contribution is -2.36. The van der Waals surface area contributed by atoms with E-state index in [1.807, 2.05) is 32.9 Å². The molecule has 0 radical (unpaired) electrons. The molecule has 0 fully saturated rings. The molecule has 1 amide bonds. The smallest absolute Gasteiger partial charge is 0.269 e. The number of carbonyl (C=O) groups excluding carboxylic acids is 1. The van der Waals surface area contributed by atoms with Gasteiger partial charge in [-0.05, 0) is 50.1 Å². The molecule has 1 aliphatic rings. The third-order valence-electron chi connectivity index (χ3n) is 4.59. The first-order chi connectivity index (χ1) is 13.8. The van der Waals surface area contributed by atoms with Crippen molar-refractivity contribution in [2.45, 2.75) is 33.2 Å². The average molecular weight is 416 g/mol. The topological polar surface area (TPSA) is 99.3 Å². The van der Waals surface area contributed by atoms with Gasteiger partial charge in [-0.2, -0.15) is 0 Å². The van der Waals surface area contributed by atoms with E-state index in [1.54, 1.807) is 32.3 Å². The van der Waals surface area contributed by atoms with Gasteiger partial charge >= 0.3 is 0 Å². The predicted octanol–water partition coefficient (Wildman–Crippen LogP) is 3.14. The van der Waals surface area contributed by atoms with Crippen LogP contribution in [0.15, 0.2) is 43.5 Å². The largest absolute Gasteiger partial charge is 0.464 e. The second-order valence-corrected chi connectivity index (χ2v) is 7.84. The van der Waals surface area contributed by atoms with E-state index >= 15 is 0 Å². The van der Waals surface area contributed by atoms with Crippen molar-refractivity contribution < 1.29 is 13.4 Å². The lowest BCUT2D eigenvalue weighted by atomic mass is 10.1. The molecule has 154 valence electrons. The maximum absolute atomic E-state index is 12.2. The van der Waals surface area contributed by atoms with Crippen molar-refractivity contribution in [1.82, 2.24) is 10.2 Å². The van der Waals surface area contributed by atoms with Crippen LogP contribution >= 0.6 is 0 Å². The second kappa shape index (κ2) is 8.60. The lowest BCUT2D eigenvalue weighted by Gasteiger charge is -2.17. The summed E-state index contributed by atoms with van der Waals surface area (Å²) in [6, 6.07) is 8.90. The summed E-state index contributed by atoms with van der Waals surface area (Å²) in [5.74, 6) is 2.31. The number of amidine groups is 2. The van der Waals surface area contributed by atoms with Gasteiger partial charge in [0.05, 0.1) is 6.04 Å². The van der Waals surface area contributed by atoms with Gasteiger partial charge in [0.2, 0.25) is 0 Å². The van der Waals surface area contributed by atoms with Crippen molar-refractivity contribution in [3.63, 3.8) is 0 Å². The molecule has 2 atom stereocenters. The van der Waals surface area contributed by atoms with Crippen LogP contribution in [-0.2, 0) is 11.2 Å². The van der Waals surface area contributed by atoms with Crippen molar-refractivity contribution in [1.29, 1.82) is 0 Å². The van der Waals surface area contributed by atoms with Crippen LogP contribution in [0.2, 0.25) is 0 Å². The molecule has 0 saturated carbocycles. The Hall–Kier alpha value is -2.94. The summed E-state index contributed by atoms with van der Waals surface area (Å²) in [4.78, 5) is 13.7. The van der Waals surface area contributed by atoms with Crippen molar-refractivity contribution in [3.05, 3.63) is 53.0 Å². The number of furan rings is 1. The van der Waals surface area contributed by atoms with Crippen molar-refractivity contribution in [2.75, 3.05) is 19.4 Å². The summed E-state index contributed by atoms with van der Waals surface area (Å²) in [5.41, 5.74) is 2.27. The van der Waals surface area contributed by atoms with Crippen LogP contribution in [0, 0.1) is 13.8 Å². The Kier molecular flexibility index (Phi) is 6.17.